The van der Waals surface area contributed by atoms with Gasteiger partial charge in [-0.15, -0.1) is 11.3 Å². The lowest BCUT2D eigenvalue weighted by atomic mass is 10.1. The summed E-state index contributed by atoms with van der Waals surface area (Å²) >= 11 is 0.842. The first-order valence-electron chi connectivity index (χ1n) is 14.4. The number of anilines is 1. The maximum atomic E-state index is 15.7. The topological polar surface area (TPSA) is 107 Å². The number of urea groups is 1. The molecule has 264 valence electrons. The highest BCUT2D eigenvalue weighted by molar-refractivity contribution is 7.22. The molecule has 0 unspecified atom stereocenters. The maximum absolute atomic E-state index is 15.7. The van der Waals surface area contributed by atoms with Crippen LogP contribution in [0.1, 0.15) is 16.7 Å². The number of carbonyl (C=O) groups excluding carboxylic acids is 1. The van der Waals surface area contributed by atoms with E-state index in [1.165, 1.54) is 19.2 Å². The smallest absolute Gasteiger partial charge is 0.416 e. The monoisotopic (exact) mass is 725 g/mol. The van der Waals surface area contributed by atoms with Gasteiger partial charge in [0.2, 0.25) is 0 Å². The Hall–Kier alpha value is -5.20. The Balaban J connectivity index is 1.85. The molecule has 5 rings (SSSR count). The van der Waals surface area contributed by atoms with E-state index in [0.717, 1.165) is 41.7 Å². The fourth-order valence-electron chi connectivity index (χ4n) is 5.28. The number of nitrogens with zero attached hydrogens (tertiary/aromatic N) is 3. The summed E-state index contributed by atoms with van der Waals surface area (Å²) in [5.74, 6) is -3.83. The molecule has 2 N–H and O–H groups in total. The van der Waals surface area contributed by atoms with Gasteiger partial charge in [0.25, 0.3) is 5.56 Å². The fraction of sp³-hybridized carbons (Fsp3) is 0.219. The molecule has 0 atom stereocenters. The number of aromatic nitrogens is 2. The van der Waals surface area contributed by atoms with E-state index in [1.807, 2.05) is 0 Å². The van der Waals surface area contributed by atoms with Gasteiger partial charge in [-0.3, -0.25) is 14.2 Å². The molecule has 0 spiro atoms. The number of halogens is 7. The van der Waals surface area contributed by atoms with Crippen molar-refractivity contribution in [1.29, 1.82) is 0 Å². The SMILES string of the molecule is CONC(=O)Nc1ccc(-c2sc3c(c2CN(C)C)c(=O)n(-c2cccc(OC(F)F)c2F)c(=O)n3Cc2c(F)cccc2C(F)(F)F)cc1. The Morgan fingerprint density at radius 1 is 0.980 bits per heavy atom. The van der Waals surface area contributed by atoms with Gasteiger partial charge in [0, 0.05) is 22.7 Å². The van der Waals surface area contributed by atoms with Crippen LogP contribution >= 0.6 is 11.3 Å². The summed E-state index contributed by atoms with van der Waals surface area (Å²) < 4.78 is 104. The summed E-state index contributed by atoms with van der Waals surface area (Å²) in [5, 5.41) is 2.30. The second-order valence-electron chi connectivity index (χ2n) is 10.9. The summed E-state index contributed by atoms with van der Waals surface area (Å²) in [6, 6.07) is 10.5. The third-order valence-corrected chi connectivity index (χ3v) is 8.59. The highest BCUT2D eigenvalue weighted by Crippen LogP contribution is 2.39. The lowest BCUT2D eigenvalue weighted by Crippen LogP contribution is -2.40. The molecular weight excluding hydrogens is 699 g/mol. The minimum absolute atomic E-state index is 0.0174. The molecule has 10 nitrogen and oxygen atoms in total. The predicted octanol–water partition coefficient (Wildman–Crippen LogP) is 6.57. The van der Waals surface area contributed by atoms with Crippen molar-refractivity contribution in [3.05, 3.63) is 110 Å². The van der Waals surface area contributed by atoms with Gasteiger partial charge in [0.15, 0.2) is 11.6 Å². The second kappa shape index (κ2) is 14.3. The summed E-state index contributed by atoms with van der Waals surface area (Å²) in [6.07, 6.45) is -5.05. The zero-order chi connectivity index (χ0) is 36.5. The number of ether oxygens (including phenoxy) is 1. The van der Waals surface area contributed by atoms with Crippen molar-refractivity contribution >= 4 is 33.3 Å². The molecule has 2 amide bonds. The van der Waals surface area contributed by atoms with E-state index in [4.69, 9.17) is 0 Å². The van der Waals surface area contributed by atoms with Crippen molar-refractivity contribution in [2.24, 2.45) is 0 Å². The second-order valence-corrected chi connectivity index (χ2v) is 11.9. The molecule has 0 saturated heterocycles. The number of thiophene rings is 1. The summed E-state index contributed by atoms with van der Waals surface area (Å²) in [4.78, 5) is 46.7. The lowest BCUT2D eigenvalue weighted by molar-refractivity contribution is -0.138. The molecule has 2 heterocycles. The average Bonchev–Trinajstić information content (AvgIpc) is 3.39. The number of rotatable bonds is 10. The number of hydrogen-bond donors (Lipinski definition) is 2. The average molecular weight is 726 g/mol. The van der Waals surface area contributed by atoms with Crippen molar-refractivity contribution in [1.82, 2.24) is 19.5 Å². The zero-order valence-corrected chi connectivity index (χ0v) is 27.0. The van der Waals surface area contributed by atoms with Crippen LogP contribution in [0.25, 0.3) is 26.3 Å². The maximum Gasteiger partial charge on any atom is 0.416 e. The molecule has 0 bridgehead atoms. The molecule has 50 heavy (non-hydrogen) atoms. The third kappa shape index (κ3) is 7.22. The van der Waals surface area contributed by atoms with Crippen molar-refractivity contribution in [2.75, 3.05) is 26.5 Å². The van der Waals surface area contributed by atoms with E-state index >= 15 is 8.78 Å². The van der Waals surface area contributed by atoms with Crippen molar-refractivity contribution in [3.63, 3.8) is 0 Å². The molecule has 0 aliphatic rings. The molecule has 0 saturated carbocycles. The first kappa shape index (κ1) is 36.1. The normalized spacial score (nSPS) is 11.8. The van der Waals surface area contributed by atoms with E-state index in [2.05, 4.69) is 20.4 Å². The molecule has 5 aromatic rings. The number of carbonyl (C=O) groups is 1. The first-order valence-corrected chi connectivity index (χ1v) is 15.2. The predicted molar refractivity (Wildman–Crippen MR) is 171 cm³/mol. The molecule has 3 aromatic carbocycles. The molecule has 0 radical (unpaired) electrons. The van der Waals surface area contributed by atoms with Crippen LogP contribution in [0.5, 0.6) is 5.75 Å². The van der Waals surface area contributed by atoms with Gasteiger partial charge < -0.3 is 15.0 Å². The van der Waals surface area contributed by atoms with Gasteiger partial charge in [0.1, 0.15) is 10.6 Å². The number of amides is 2. The number of fused-ring (bicyclic) bond motifs is 1. The van der Waals surface area contributed by atoms with Crippen LogP contribution < -0.4 is 26.8 Å². The number of hydrogen-bond acceptors (Lipinski definition) is 7. The Morgan fingerprint density at radius 2 is 1.66 bits per heavy atom. The fourth-order valence-corrected chi connectivity index (χ4v) is 6.58. The van der Waals surface area contributed by atoms with Gasteiger partial charge in [-0.05, 0) is 61.6 Å². The first-order chi connectivity index (χ1) is 23.6. The van der Waals surface area contributed by atoms with Crippen LogP contribution in [0, 0.1) is 11.6 Å². The van der Waals surface area contributed by atoms with Gasteiger partial charge in [-0.25, -0.2) is 28.4 Å². The highest BCUT2D eigenvalue weighted by atomic mass is 32.1. The molecule has 18 heteroatoms. The number of alkyl halides is 5. The lowest BCUT2D eigenvalue weighted by Gasteiger charge is -2.18. The van der Waals surface area contributed by atoms with E-state index in [0.29, 0.717) is 31.3 Å². The standard InChI is InChI=1S/C32H26F7N5O5S/c1-42(2)14-19-24-27(45)44(22-8-5-9-23(25(22)34)49-29(35)36)31(47)43(15-18-20(32(37,38)39)6-4-7-21(18)33)28(24)50-26(19)16-10-12-17(13-11-16)40-30(46)41-48-3/h4-13,29H,14-15H2,1-3H3,(H2,40,41,46). The van der Waals surface area contributed by atoms with Gasteiger partial charge in [0.05, 0.1) is 30.3 Å². The Morgan fingerprint density at radius 3 is 2.28 bits per heavy atom. The van der Waals surface area contributed by atoms with Crippen molar-refractivity contribution < 1.29 is 45.1 Å². The van der Waals surface area contributed by atoms with E-state index in [-0.39, 0.29) is 22.3 Å². The number of benzene rings is 3. The van der Waals surface area contributed by atoms with Gasteiger partial charge in [-0.2, -0.15) is 22.0 Å². The largest absolute Gasteiger partial charge is 0.432 e. The van der Waals surface area contributed by atoms with Crippen LogP contribution in [-0.4, -0.2) is 47.9 Å². The number of hydroxylamine groups is 1. The van der Waals surface area contributed by atoms with Crippen LogP contribution in [-0.2, 0) is 24.1 Å². The zero-order valence-electron chi connectivity index (χ0n) is 26.2. The minimum atomic E-state index is -5.05. The molecule has 0 aliphatic carbocycles. The quantitative estimate of drug-likeness (QED) is 0.125. The summed E-state index contributed by atoms with van der Waals surface area (Å²) in [6.45, 7) is -4.51. The summed E-state index contributed by atoms with van der Waals surface area (Å²) in [7, 11) is 4.55. The van der Waals surface area contributed by atoms with Gasteiger partial charge >= 0.3 is 24.5 Å². The van der Waals surface area contributed by atoms with Crippen LogP contribution in [0.15, 0.2) is 70.3 Å². The molecule has 0 fully saturated rings. The van der Waals surface area contributed by atoms with Crippen LogP contribution in [0.4, 0.5) is 41.2 Å². The number of nitrogens with one attached hydrogen (secondary N) is 2. The van der Waals surface area contributed by atoms with Crippen molar-refractivity contribution in [2.45, 2.75) is 25.9 Å². The van der Waals surface area contributed by atoms with E-state index < -0.39 is 70.8 Å². The van der Waals surface area contributed by atoms with Crippen LogP contribution in [0.3, 0.4) is 0 Å². The molecule has 0 aliphatic heterocycles. The summed E-state index contributed by atoms with van der Waals surface area (Å²) in [5.41, 5.74) is -2.50. The third-order valence-electron chi connectivity index (χ3n) is 7.29. The minimum Gasteiger partial charge on any atom is -0.432 e. The highest BCUT2D eigenvalue weighted by Gasteiger charge is 2.35. The Kier molecular flexibility index (Phi) is 10.4. The van der Waals surface area contributed by atoms with Crippen LogP contribution in [0.2, 0.25) is 0 Å². The van der Waals surface area contributed by atoms with E-state index in [1.54, 1.807) is 31.1 Å². The Labute approximate surface area is 281 Å². The molecule has 2 aromatic heterocycles. The molecular formula is C32H26F7N5O5S. The van der Waals surface area contributed by atoms with Gasteiger partial charge in [-0.1, -0.05) is 24.3 Å². The van der Waals surface area contributed by atoms with Crippen molar-refractivity contribution in [3.8, 4) is 21.9 Å². The Bertz CT molecular complexity index is 2180. The van der Waals surface area contributed by atoms with E-state index in [9.17, 15) is 36.3 Å².